The van der Waals surface area contributed by atoms with Gasteiger partial charge in [0.1, 0.15) is 16.7 Å². The Morgan fingerprint density at radius 3 is 2.38 bits per heavy atom. The fourth-order valence-electron chi connectivity index (χ4n) is 4.10. The number of amides is 1. The van der Waals surface area contributed by atoms with Gasteiger partial charge >= 0.3 is 5.97 Å². The van der Waals surface area contributed by atoms with Crippen molar-refractivity contribution in [3.63, 3.8) is 0 Å². The minimum absolute atomic E-state index is 0.0187. The summed E-state index contributed by atoms with van der Waals surface area (Å²) in [6.07, 6.45) is 4.01. The van der Waals surface area contributed by atoms with Crippen LogP contribution in [0.15, 0.2) is 96.0 Å². The van der Waals surface area contributed by atoms with E-state index in [1.165, 1.54) is 16.7 Å². The lowest BCUT2D eigenvalue weighted by atomic mass is 10.1. The molecule has 0 radical (unpaired) electrons. The summed E-state index contributed by atoms with van der Waals surface area (Å²) >= 11 is 6.63. The molecule has 1 aromatic heterocycles. The normalized spacial score (nSPS) is 14.3. The molecule has 2 heterocycles. The van der Waals surface area contributed by atoms with Gasteiger partial charge < -0.3 is 9.84 Å². The molecule has 3 aromatic carbocycles. The highest BCUT2D eigenvalue weighted by atomic mass is 32.2. The van der Waals surface area contributed by atoms with Crippen LogP contribution in [-0.2, 0) is 16.2 Å². The molecule has 9 heteroatoms. The molecule has 4 aromatic rings. The number of thiocarbonyl (C=S) groups is 1. The van der Waals surface area contributed by atoms with Gasteiger partial charge in [0.25, 0.3) is 5.91 Å². The molecule has 0 saturated carbocycles. The Labute approximate surface area is 235 Å². The van der Waals surface area contributed by atoms with E-state index in [9.17, 15) is 9.59 Å². The Hall–Kier alpha value is -4.21. The molecule has 1 aliphatic heterocycles. The van der Waals surface area contributed by atoms with Crippen LogP contribution in [0.2, 0.25) is 0 Å². The Morgan fingerprint density at radius 2 is 1.69 bits per heavy atom. The summed E-state index contributed by atoms with van der Waals surface area (Å²) in [5.41, 5.74) is 4.33. The first kappa shape index (κ1) is 26.4. The Bertz CT molecular complexity index is 1520. The monoisotopic (exact) mass is 555 g/mol. The van der Waals surface area contributed by atoms with E-state index in [2.05, 4.69) is 0 Å². The second-order valence-corrected chi connectivity index (χ2v) is 10.5. The minimum Gasteiger partial charge on any atom is -0.489 e. The number of carboxylic acid groups (broad SMARTS) is 1. The van der Waals surface area contributed by atoms with Crippen molar-refractivity contribution in [3.05, 3.63) is 107 Å². The van der Waals surface area contributed by atoms with Gasteiger partial charge in [0.2, 0.25) is 0 Å². The van der Waals surface area contributed by atoms with Crippen molar-refractivity contribution >= 4 is 46.3 Å². The van der Waals surface area contributed by atoms with Gasteiger partial charge in [0, 0.05) is 30.3 Å². The molecular weight excluding hydrogens is 530 g/mol. The fourth-order valence-corrected chi connectivity index (χ4v) is 5.40. The maximum atomic E-state index is 13.1. The summed E-state index contributed by atoms with van der Waals surface area (Å²) in [6.45, 7) is 0.747. The van der Waals surface area contributed by atoms with Gasteiger partial charge in [-0.2, -0.15) is 5.10 Å². The number of carboxylic acids is 1. The van der Waals surface area contributed by atoms with E-state index in [1.807, 2.05) is 91.1 Å². The molecule has 196 valence electrons. The van der Waals surface area contributed by atoms with Crippen LogP contribution in [0.3, 0.4) is 0 Å². The molecule has 0 unspecified atom stereocenters. The molecule has 1 fully saturated rings. The average molecular weight is 556 g/mol. The zero-order chi connectivity index (χ0) is 27.2. The summed E-state index contributed by atoms with van der Waals surface area (Å²) in [6, 6.07) is 27.4. The van der Waals surface area contributed by atoms with Crippen molar-refractivity contribution in [2.75, 3.05) is 6.54 Å². The second-order valence-electron chi connectivity index (χ2n) is 8.84. The molecule has 5 rings (SSSR count). The number of carbonyl (C=O) groups is 2. The van der Waals surface area contributed by atoms with E-state index < -0.39 is 5.97 Å². The Morgan fingerprint density at radius 1 is 1.00 bits per heavy atom. The van der Waals surface area contributed by atoms with Gasteiger partial charge in [-0.25, -0.2) is 4.68 Å². The number of rotatable bonds is 10. The van der Waals surface area contributed by atoms with Gasteiger partial charge in [-0.15, -0.1) is 0 Å². The average Bonchev–Trinajstić information content (AvgIpc) is 3.49. The lowest BCUT2D eigenvalue weighted by Gasteiger charge is -2.13. The predicted octanol–water partition coefficient (Wildman–Crippen LogP) is 6.18. The third kappa shape index (κ3) is 6.45. The van der Waals surface area contributed by atoms with Gasteiger partial charge in [0.15, 0.2) is 0 Å². The van der Waals surface area contributed by atoms with Crippen LogP contribution in [0.5, 0.6) is 5.75 Å². The predicted molar refractivity (Wildman–Crippen MR) is 157 cm³/mol. The standard InChI is InChI=1S/C30H25N3O4S2/c34-27(35)12-7-17-32-29(36)26(39-30(32)38)18-23-19-33(24-10-5-2-6-11-24)31-28(23)22-13-15-25(16-14-22)37-20-21-8-3-1-4-9-21/h1-6,8-11,13-16,18-19H,7,12,17,20H2,(H,34,35)/b26-18-. The molecule has 39 heavy (non-hydrogen) atoms. The number of hydrogen-bond acceptors (Lipinski definition) is 6. The zero-order valence-electron chi connectivity index (χ0n) is 20.9. The summed E-state index contributed by atoms with van der Waals surface area (Å²) in [4.78, 5) is 25.9. The minimum atomic E-state index is -0.898. The van der Waals surface area contributed by atoms with Gasteiger partial charge in [-0.3, -0.25) is 14.5 Å². The molecular formula is C30H25N3O4S2. The van der Waals surface area contributed by atoms with Crippen molar-refractivity contribution in [3.8, 4) is 22.7 Å². The van der Waals surface area contributed by atoms with E-state index in [0.29, 0.717) is 27.9 Å². The first-order valence-corrected chi connectivity index (χ1v) is 13.6. The number of thioether (sulfide) groups is 1. The van der Waals surface area contributed by atoms with Gasteiger partial charge in [0.05, 0.1) is 16.3 Å². The van der Waals surface area contributed by atoms with Gasteiger partial charge in [-0.05, 0) is 54.5 Å². The molecule has 0 bridgehead atoms. The third-order valence-corrected chi connectivity index (χ3v) is 7.45. The SMILES string of the molecule is O=C(O)CCCN1C(=O)/C(=C/c2cn(-c3ccccc3)nc2-c2ccc(OCc3ccccc3)cc2)SC1=S. The smallest absolute Gasteiger partial charge is 0.303 e. The van der Waals surface area contributed by atoms with E-state index in [4.69, 9.17) is 27.2 Å². The second kappa shape index (κ2) is 12.1. The first-order valence-electron chi connectivity index (χ1n) is 12.4. The molecule has 1 N–H and O–H groups in total. The molecule has 1 amide bonds. The number of aromatic nitrogens is 2. The van der Waals surface area contributed by atoms with Crippen molar-refractivity contribution < 1.29 is 19.4 Å². The molecule has 0 aliphatic carbocycles. The molecule has 1 saturated heterocycles. The van der Waals surface area contributed by atoms with Crippen LogP contribution in [0, 0.1) is 0 Å². The zero-order valence-corrected chi connectivity index (χ0v) is 22.5. The van der Waals surface area contributed by atoms with Crippen molar-refractivity contribution in [1.29, 1.82) is 0 Å². The number of benzene rings is 3. The van der Waals surface area contributed by atoms with E-state index in [1.54, 1.807) is 10.8 Å². The Balaban J connectivity index is 1.42. The lowest BCUT2D eigenvalue weighted by Crippen LogP contribution is -2.29. The highest BCUT2D eigenvalue weighted by Crippen LogP contribution is 2.35. The number of ether oxygens (including phenoxy) is 1. The summed E-state index contributed by atoms with van der Waals surface area (Å²) in [5.74, 6) is -0.377. The van der Waals surface area contributed by atoms with E-state index >= 15 is 0 Å². The number of hydrogen-bond donors (Lipinski definition) is 1. The summed E-state index contributed by atoms with van der Waals surface area (Å²) in [5, 5.41) is 13.8. The number of carbonyl (C=O) groups excluding carboxylic acids is 1. The van der Waals surface area contributed by atoms with Crippen molar-refractivity contribution in [2.24, 2.45) is 0 Å². The molecule has 1 aliphatic rings. The molecule has 0 atom stereocenters. The maximum absolute atomic E-state index is 13.1. The summed E-state index contributed by atoms with van der Waals surface area (Å²) < 4.78 is 8.15. The topological polar surface area (TPSA) is 84.7 Å². The number of nitrogens with zero attached hydrogens (tertiary/aromatic N) is 3. The van der Waals surface area contributed by atoms with Crippen LogP contribution in [-0.4, -0.2) is 42.5 Å². The lowest BCUT2D eigenvalue weighted by molar-refractivity contribution is -0.137. The largest absolute Gasteiger partial charge is 0.489 e. The Kier molecular flexibility index (Phi) is 8.19. The van der Waals surface area contributed by atoms with E-state index in [0.717, 1.165) is 28.1 Å². The highest BCUT2D eigenvalue weighted by Gasteiger charge is 2.32. The van der Waals surface area contributed by atoms with Crippen LogP contribution in [0.25, 0.3) is 23.0 Å². The summed E-state index contributed by atoms with van der Waals surface area (Å²) in [7, 11) is 0. The highest BCUT2D eigenvalue weighted by molar-refractivity contribution is 8.26. The van der Waals surface area contributed by atoms with Crippen LogP contribution >= 0.6 is 24.0 Å². The van der Waals surface area contributed by atoms with Gasteiger partial charge in [-0.1, -0.05) is 72.5 Å². The van der Waals surface area contributed by atoms with Crippen LogP contribution in [0.1, 0.15) is 24.0 Å². The van der Waals surface area contributed by atoms with Crippen molar-refractivity contribution in [1.82, 2.24) is 14.7 Å². The van der Waals surface area contributed by atoms with Crippen LogP contribution in [0.4, 0.5) is 0 Å². The number of aliphatic carboxylic acids is 1. The third-order valence-electron chi connectivity index (χ3n) is 6.07. The van der Waals surface area contributed by atoms with Crippen LogP contribution < -0.4 is 4.74 Å². The molecule has 0 spiro atoms. The maximum Gasteiger partial charge on any atom is 0.303 e. The van der Waals surface area contributed by atoms with Crippen molar-refractivity contribution in [2.45, 2.75) is 19.4 Å². The number of para-hydroxylation sites is 1. The fraction of sp³-hybridized carbons (Fsp3) is 0.133. The van der Waals surface area contributed by atoms with E-state index in [-0.39, 0.29) is 18.9 Å². The quantitative estimate of drug-likeness (QED) is 0.185. The molecule has 7 nitrogen and oxygen atoms in total. The first-order chi connectivity index (χ1) is 19.0.